The van der Waals surface area contributed by atoms with Gasteiger partial charge < -0.3 is 0 Å². The molecule has 1 heterocycles. The molecule has 3 rings (SSSR count). The van der Waals surface area contributed by atoms with Gasteiger partial charge in [0.2, 0.25) is 11.0 Å². The maximum atomic E-state index is 13.5. The first-order chi connectivity index (χ1) is 14.8. The van der Waals surface area contributed by atoms with Crippen LogP contribution in [0.5, 0.6) is 0 Å². The van der Waals surface area contributed by atoms with Crippen LogP contribution in [-0.4, -0.2) is 36.8 Å². The van der Waals surface area contributed by atoms with Crippen LogP contribution in [0.1, 0.15) is 25.0 Å². The summed E-state index contributed by atoms with van der Waals surface area (Å²) in [4.78, 5) is 12.9. The fourth-order valence-electron chi connectivity index (χ4n) is 2.92. The monoisotopic (exact) mass is 476 g/mol. The molecule has 7 nitrogen and oxygen atoms in total. The number of benzene rings is 2. The van der Waals surface area contributed by atoms with Crippen molar-refractivity contribution in [2.45, 2.75) is 36.4 Å². The average Bonchev–Trinajstić information content (AvgIpc) is 3.19. The number of anilines is 2. The summed E-state index contributed by atoms with van der Waals surface area (Å²) in [7, 11) is -3.96. The highest BCUT2D eigenvalue weighted by atomic mass is 32.2. The van der Waals surface area contributed by atoms with E-state index >= 15 is 0 Å². The Hall–Kier alpha value is -2.43. The van der Waals surface area contributed by atoms with Crippen molar-refractivity contribution in [1.29, 1.82) is 0 Å². The quantitative estimate of drug-likeness (QED) is 0.364. The smallest absolute Gasteiger partial charge is 0.264 e. The van der Waals surface area contributed by atoms with E-state index in [9.17, 15) is 13.2 Å². The van der Waals surface area contributed by atoms with E-state index in [-0.39, 0.29) is 11.4 Å². The summed E-state index contributed by atoms with van der Waals surface area (Å²) < 4.78 is 28.9. The van der Waals surface area contributed by atoms with Gasteiger partial charge in [-0.3, -0.25) is 14.4 Å². The van der Waals surface area contributed by atoms with Gasteiger partial charge in [0.1, 0.15) is 6.54 Å². The molecule has 2 aromatic carbocycles. The Morgan fingerprint density at radius 2 is 1.81 bits per heavy atom. The molecule has 0 bridgehead atoms. The first kappa shape index (κ1) is 23.2. The van der Waals surface area contributed by atoms with Crippen LogP contribution in [0.15, 0.2) is 57.8 Å². The highest BCUT2D eigenvalue weighted by Crippen LogP contribution is 2.29. The molecule has 164 valence electrons. The van der Waals surface area contributed by atoms with Crippen molar-refractivity contribution in [1.82, 2.24) is 10.2 Å². The second-order valence-corrected chi connectivity index (χ2v) is 11.0. The fraction of sp³-hybridized carbons (Fsp3) is 0.286. The van der Waals surface area contributed by atoms with Crippen molar-refractivity contribution >= 4 is 49.8 Å². The van der Waals surface area contributed by atoms with Crippen LogP contribution in [-0.2, 0) is 21.2 Å². The minimum absolute atomic E-state index is 0.134. The molecular formula is C21H24N4O3S3. The number of hydrogen-bond acceptors (Lipinski definition) is 7. The molecule has 1 amide bonds. The average molecular weight is 477 g/mol. The number of rotatable bonds is 9. The first-order valence-electron chi connectivity index (χ1n) is 9.78. The summed E-state index contributed by atoms with van der Waals surface area (Å²) in [6, 6.07) is 13.8. The molecule has 1 aromatic heterocycles. The van der Waals surface area contributed by atoms with E-state index in [1.165, 1.54) is 23.1 Å². The number of carbonyl (C=O) groups excluding carboxylic acids is 1. The minimum Gasteiger partial charge on any atom is -0.299 e. The van der Waals surface area contributed by atoms with Gasteiger partial charge in [0, 0.05) is 0 Å². The Bertz CT molecular complexity index is 1140. The molecule has 0 aliphatic carbocycles. The normalized spacial score (nSPS) is 11.3. The van der Waals surface area contributed by atoms with Crippen molar-refractivity contribution in [2.24, 2.45) is 0 Å². The number of hydrogen-bond donors (Lipinski definition) is 1. The Labute approximate surface area is 191 Å². The number of nitrogens with zero attached hydrogens (tertiary/aromatic N) is 3. The van der Waals surface area contributed by atoms with Crippen molar-refractivity contribution in [3.05, 3.63) is 59.7 Å². The lowest BCUT2D eigenvalue weighted by Crippen LogP contribution is -2.38. The summed E-state index contributed by atoms with van der Waals surface area (Å²) in [5.74, 6) is 0.365. The maximum Gasteiger partial charge on any atom is 0.264 e. The molecule has 3 aromatic rings. The number of thioether (sulfide) groups is 1. The Morgan fingerprint density at radius 1 is 1.10 bits per heavy atom. The topological polar surface area (TPSA) is 92.3 Å². The Kier molecular flexibility index (Phi) is 7.69. The molecule has 0 aliphatic heterocycles. The van der Waals surface area contributed by atoms with Gasteiger partial charge in [0.05, 0.1) is 10.6 Å². The highest BCUT2D eigenvalue weighted by molar-refractivity contribution is 8.01. The molecule has 0 atom stereocenters. The summed E-state index contributed by atoms with van der Waals surface area (Å²) >= 11 is 2.79. The molecule has 0 saturated carbocycles. The molecular weight excluding hydrogens is 452 g/mol. The maximum absolute atomic E-state index is 13.5. The molecule has 0 spiro atoms. The molecule has 10 heteroatoms. The predicted octanol–water partition coefficient (Wildman–Crippen LogP) is 4.35. The predicted molar refractivity (Wildman–Crippen MR) is 126 cm³/mol. The second-order valence-electron chi connectivity index (χ2n) is 6.66. The summed E-state index contributed by atoms with van der Waals surface area (Å²) in [5.41, 5.74) is 2.28. The zero-order chi connectivity index (χ0) is 22.4. The molecule has 0 saturated heterocycles. The Balaban J connectivity index is 1.93. The lowest BCUT2D eigenvalue weighted by Gasteiger charge is -2.26. The molecule has 31 heavy (non-hydrogen) atoms. The number of nitrogens with one attached hydrogen (secondary N) is 1. The van der Waals surface area contributed by atoms with Gasteiger partial charge in [-0.25, -0.2) is 8.42 Å². The van der Waals surface area contributed by atoms with Crippen LogP contribution in [0.25, 0.3) is 0 Å². The van der Waals surface area contributed by atoms with E-state index in [1.54, 1.807) is 36.4 Å². The lowest BCUT2D eigenvalue weighted by molar-refractivity contribution is -0.114. The van der Waals surface area contributed by atoms with Gasteiger partial charge in [-0.15, -0.1) is 10.2 Å². The number of amides is 1. The van der Waals surface area contributed by atoms with Crippen molar-refractivity contribution < 1.29 is 13.2 Å². The van der Waals surface area contributed by atoms with Gasteiger partial charge in [-0.2, -0.15) is 0 Å². The fourth-order valence-corrected chi connectivity index (χ4v) is 6.05. The third-order valence-electron chi connectivity index (χ3n) is 4.46. The van der Waals surface area contributed by atoms with E-state index in [0.29, 0.717) is 17.2 Å². The lowest BCUT2D eigenvalue weighted by atomic mass is 10.1. The van der Waals surface area contributed by atoms with Crippen LogP contribution in [0.4, 0.5) is 10.8 Å². The molecule has 1 N–H and O–H groups in total. The van der Waals surface area contributed by atoms with Gasteiger partial charge >= 0.3 is 0 Å². The van der Waals surface area contributed by atoms with Gasteiger partial charge in [0.25, 0.3) is 10.0 Å². The number of para-hydroxylation sites is 1. The second kappa shape index (κ2) is 10.3. The number of sulfonamides is 1. The molecule has 0 fully saturated rings. The zero-order valence-corrected chi connectivity index (χ0v) is 20.0. The number of aryl methyl sites for hydroxylation is 2. The zero-order valence-electron chi connectivity index (χ0n) is 17.5. The highest BCUT2D eigenvalue weighted by Gasteiger charge is 2.28. The van der Waals surface area contributed by atoms with E-state index in [0.717, 1.165) is 25.5 Å². The molecule has 0 aliphatic rings. The van der Waals surface area contributed by atoms with Crippen LogP contribution < -0.4 is 9.62 Å². The van der Waals surface area contributed by atoms with Crippen LogP contribution in [0, 0.1) is 6.92 Å². The summed E-state index contributed by atoms with van der Waals surface area (Å²) in [6.07, 6.45) is 0.631. The number of aromatic nitrogens is 2. The van der Waals surface area contributed by atoms with E-state index in [2.05, 4.69) is 15.5 Å². The molecule has 0 radical (unpaired) electrons. The summed E-state index contributed by atoms with van der Waals surface area (Å²) in [5, 5.41) is 11.0. The van der Waals surface area contributed by atoms with Crippen molar-refractivity contribution in [3.8, 4) is 0 Å². The Morgan fingerprint density at radius 3 is 2.48 bits per heavy atom. The van der Waals surface area contributed by atoms with Crippen molar-refractivity contribution in [2.75, 3.05) is 21.9 Å². The van der Waals surface area contributed by atoms with E-state index in [1.807, 2.05) is 32.9 Å². The van der Waals surface area contributed by atoms with Crippen LogP contribution in [0.3, 0.4) is 0 Å². The van der Waals surface area contributed by atoms with E-state index in [4.69, 9.17) is 0 Å². The van der Waals surface area contributed by atoms with Crippen molar-refractivity contribution in [3.63, 3.8) is 0 Å². The SMILES string of the molecule is CCSc1nnc(NC(=O)CN(c2ccccc2CC)S(=O)(=O)c2ccc(C)cc2)s1. The third kappa shape index (κ3) is 5.63. The standard InChI is InChI=1S/C21H24N4O3S3/c1-4-16-8-6-7-9-18(16)25(31(27,28)17-12-10-15(3)11-13-17)14-19(26)22-20-23-24-21(30-20)29-5-2/h6-13H,4-5,14H2,1-3H3,(H,22,23,26). The van der Waals surface area contributed by atoms with Gasteiger partial charge in [-0.1, -0.05) is 72.8 Å². The third-order valence-corrected chi connectivity index (χ3v) is 8.09. The van der Waals surface area contributed by atoms with E-state index < -0.39 is 15.9 Å². The molecule has 0 unspecified atom stereocenters. The number of carbonyl (C=O) groups is 1. The first-order valence-corrected chi connectivity index (χ1v) is 13.0. The van der Waals surface area contributed by atoms with Crippen LogP contribution >= 0.6 is 23.1 Å². The largest absolute Gasteiger partial charge is 0.299 e. The minimum atomic E-state index is -3.96. The van der Waals surface area contributed by atoms with Gasteiger partial charge in [-0.05, 0) is 42.9 Å². The van der Waals surface area contributed by atoms with Crippen LogP contribution in [0.2, 0.25) is 0 Å². The van der Waals surface area contributed by atoms with Gasteiger partial charge in [0.15, 0.2) is 4.34 Å². The summed E-state index contributed by atoms with van der Waals surface area (Å²) in [6.45, 7) is 5.47.